The highest BCUT2D eigenvalue weighted by atomic mass is 32.2. The molecule has 5 heteroatoms. The molecule has 0 bridgehead atoms. The highest BCUT2D eigenvalue weighted by molar-refractivity contribution is 7.90. The van der Waals surface area contributed by atoms with Crippen LogP contribution in [-0.4, -0.2) is 19.7 Å². The molecule has 0 N–H and O–H groups in total. The molecule has 0 fully saturated rings. The van der Waals surface area contributed by atoms with Gasteiger partial charge in [0.1, 0.15) is 5.69 Å². The van der Waals surface area contributed by atoms with Crippen LogP contribution < -0.4 is 0 Å². The van der Waals surface area contributed by atoms with E-state index in [-0.39, 0.29) is 4.90 Å². The largest absolute Gasteiger partial charge is 0.440 e. The monoisotopic (exact) mass is 417 g/mol. The van der Waals surface area contributed by atoms with Gasteiger partial charge in [-0.1, -0.05) is 54.1 Å². The van der Waals surface area contributed by atoms with E-state index in [1.54, 1.807) is 24.3 Å². The Hall–Kier alpha value is -3.18. The van der Waals surface area contributed by atoms with Crippen LogP contribution >= 0.6 is 0 Å². The van der Waals surface area contributed by atoms with Crippen LogP contribution in [0.2, 0.25) is 0 Å². The van der Waals surface area contributed by atoms with Gasteiger partial charge in [-0.15, -0.1) is 0 Å². The predicted molar refractivity (Wildman–Crippen MR) is 119 cm³/mol. The molecule has 0 saturated heterocycles. The highest BCUT2D eigenvalue weighted by Gasteiger charge is 2.19. The first kappa shape index (κ1) is 20.1. The normalized spacial score (nSPS) is 11.6. The molecule has 0 saturated carbocycles. The second kappa shape index (κ2) is 7.92. The summed E-state index contributed by atoms with van der Waals surface area (Å²) in [6.07, 6.45) is 1.79. The molecule has 4 nitrogen and oxygen atoms in total. The molecule has 0 amide bonds. The van der Waals surface area contributed by atoms with Gasteiger partial charge in [0.15, 0.2) is 21.5 Å². The van der Waals surface area contributed by atoms with Crippen LogP contribution in [0.3, 0.4) is 0 Å². The zero-order valence-corrected chi connectivity index (χ0v) is 18.0. The van der Waals surface area contributed by atoms with Crippen LogP contribution in [0.4, 0.5) is 0 Å². The Morgan fingerprint density at radius 1 is 0.900 bits per heavy atom. The van der Waals surface area contributed by atoms with Crippen LogP contribution in [0.15, 0.2) is 82.1 Å². The van der Waals surface area contributed by atoms with E-state index < -0.39 is 9.84 Å². The van der Waals surface area contributed by atoms with Crippen molar-refractivity contribution in [2.75, 3.05) is 6.26 Å². The fourth-order valence-electron chi connectivity index (χ4n) is 3.52. The number of nitrogens with zero attached hydrogens (tertiary/aromatic N) is 1. The van der Waals surface area contributed by atoms with Crippen molar-refractivity contribution in [1.82, 2.24) is 4.98 Å². The van der Waals surface area contributed by atoms with Gasteiger partial charge in [-0.05, 0) is 49.2 Å². The maximum atomic E-state index is 11.8. The number of hydrogen-bond acceptors (Lipinski definition) is 4. The van der Waals surface area contributed by atoms with Crippen molar-refractivity contribution < 1.29 is 12.8 Å². The molecule has 1 aromatic heterocycles. The Kier molecular flexibility index (Phi) is 5.31. The lowest BCUT2D eigenvalue weighted by Crippen LogP contribution is -1.96. The molecular weight excluding hydrogens is 394 g/mol. The van der Waals surface area contributed by atoms with E-state index in [0.29, 0.717) is 18.1 Å². The summed E-state index contributed by atoms with van der Waals surface area (Å²) in [6.45, 7) is 4.12. The molecule has 0 aliphatic heterocycles. The summed E-state index contributed by atoms with van der Waals surface area (Å²) in [6, 6.07) is 23.1. The summed E-state index contributed by atoms with van der Waals surface area (Å²) in [5.74, 6) is 1.27. The predicted octanol–water partition coefficient (Wildman–Crippen LogP) is 5.62. The third kappa shape index (κ3) is 4.21. The zero-order valence-electron chi connectivity index (χ0n) is 17.2. The first-order chi connectivity index (χ1) is 14.3. The summed E-state index contributed by atoms with van der Waals surface area (Å²) in [5.41, 5.74) is 5.98. The maximum absolute atomic E-state index is 11.8. The minimum Gasteiger partial charge on any atom is -0.440 e. The molecule has 0 aliphatic carbocycles. The first-order valence-electron chi connectivity index (χ1n) is 9.73. The van der Waals surface area contributed by atoms with Crippen LogP contribution in [0, 0.1) is 13.8 Å². The quantitative estimate of drug-likeness (QED) is 0.423. The van der Waals surface area contributed by atoms with Crippen molar-refractivity contribution in [3.63, 3.8) is 0 Å². The number of hydrogen-bond donors (Lipinski definition) is 0. The third-order valence-corrected chi connectivity index (χ3v) is 6.18. The Bertz CT molecular complexity index is 1290. The van der Waals surface area contributed by atoms with Gasteiger partial charge in [-0.2, -0.15) is 0 Å². The molecule has 4 rings (SSSR count). The molecular formula is C25H23NO3S. The Balaban J connectivity index is 1.83. The fraction of sp³-hybridized carbons (Fsp3) is 0.160. The van der Waals surface area contributed by atoms with Crippen molar-refractivity contribution in [3.8, 4) is 22.6 Å². The molecule has 0 atom stereocenters. The Morgan fingerprint density at radius 3 is 2.23 bits per heavy atom. The van der Waals surface area contributed by atoms with Gasteiger partial charge < -0.3 is 4.42 Å². The standard InChI is InChI=1S/C25H23NO3S/c1-17-9-14-22(18(2)15-17)24-25(20-10-12-21(13-11-20)30(3,27)28)29-23(26-24)16-19-7-5-4-6-8-19/h4-15H,16H2,1-3H3. The summed E-state index contributed by atoms with van der Waals surface area (Å²) >= 11 is 0. The van der Waals surface area contributed by atoms with Crippen molar-refractivity contribution in [1.29, 1.82) is 0 Å². The molecule has 4 aromatic rings. The van der Waals surface area contributed by atoms with Crippen LogP contribution in [-0.2, 0) is 16.3 Å². The second-order valence-corrected chi connectivity index (χ2v) is 9.58. The minimum atomic E-state index is -3.26. The zero-order chi connectivity index (χ0) is 21.3. The third-order valence-electron chi connectivity index (χ3n) is 5.05. The number of sulfone groups is 1. The lowest BCUT2D eigenvalue weighted by molar-refractivity contribution is 0.519. The first-order valence-corrected chi connectivity index (χ1v) is 11.6. The van der Waals surface area contributed by atoms with Gasteiger partial charge in [-0.25, -0.2) is 13.4 Å². The summed E-state index contributed by atoms with van der Waals surface area (Å²) in [4.78, 5) is 5.11. The van der Waals surface area contributed by atoms with E-state index in [1.807, 2.05) is 30.3 Å². The molecule has 0 radical (unpaired) electrons. The van der Waals surface area contributed by atoms with Gasteiger partial charge >= 0.3 is 0 Å². The van der Waals surface area contributed by atoms with E-state index >= 15 is 0 Å². The smallest absolute Gasteiger partial charge is 0.199 e. The van der Waals surface area contributed by atoms with E-state index in [0.717, 1.165) is 27.9 Å². The van der Waals surface area contributed by atoms with Crippen molar-refractivity contribution in [3.05, 3.63) is 95.4 Å². The average Bonchev–Trinajstić information content (AvgIpc) is 3.11. The number of aryl methyl sites for hydroxylation is 2. The molecule has 0 unspecified atom stereocenters. The van der Waals surface area contributed by atoms with E-state index in [4.69, 9.17) is 9.40 Å². The molecule has 30 heavy (non-hydrogen) atoms. The summed E-state index contributed by atoms with van der Waals surface area (Å²) in [5, 5.41) is 0. The van der Waals surface area contributed by atoms with Crippen LogP contribution in [0.1, 0.15) is 22.6 Å². The molecule has 0 aliphatic rings. The Morgan fingerprint density at radius 2 is 1.60 bits per heavy atom. The van der Waals surface area contributed by atoms with Crippen molar-refractivity contribution in [2.24, 2.45) is 0 Å². The van der Waals surface area contributed by atoms with Gasteiger partial charge in [-0.3, -0.25) is 0 Å². The lowest BCUT2D eigenvalue weighted by Gasteiger charge is -2.07. The number of benzene rings is 3. The SMILES string of the molecule is Cc1ccc(-c2nc(Cc3ccccc3)oc2-c2ccc(S(C)(=O)=O)cc2)c(C)c1. The number of rotatable bonds is 5. The van der Waals surface area contributed by atoms with Crippen LogP contribution in [0.25, 0.3) is 22.6 Å². The summed E-state index contributed by atoms with van der Waals surface area (Å²) < 4.78 is 29.8. The summed E-state index contributed by atoms with van der Waals surface area (Å²) in [7, 11) is -3.26. The van der Waals surface area contributed by atoms with Crippen molar-refractivity contribution >= 4 is 9.84 Å². The molecule has 152 valence electrons. The Labute approximate surface area is 177 Å². The highest BCUT2D eigenvalue weighted by Crippen LogP contribution is 2.35. The van der Waals surface area contributed by atoms with Gasteiger partial charge in [0.25, 0.3) is 0 Å². The molecule has 1 heterocycles. The average molecular weight is 418 g/mol. The van der Waals surface area contributed by atoms with E-state index in [2.05, 4.69) is 32.0 Å². The van der Waals surface area contributed by atoms with E-state index in [9.17, 15) is 8.42 Å². The number of aromatic nitrogens is 1. The maximum Gasteiger partial charge on any atom is 0.199 e. The fourth-order valence-corrected chi connectivity index (χ4v) is 4.15. The van der Waals surface area contributed by atoms with Crippen molar-refractivity contribution in [2.45, 2.75) is 25.2 Å². The lowest BCUT2D eigenvalue weighted by atomic mass is 10.00. The van der Waals surface area contributed by atoms with Gasteiger partial charge in [0.05, 0.1) is 4.90 Å². The van der Waals surface area contributed by atoms with E-state index in [1.165, 1.54) is 11.8 Å². The molecule has 0 spiro atoms. The number of oxazole rings is 1. The molecule has 3 aromatic carbocycles. The van der Waals surface area contributed by atoms with Gasteiger partial charge in [0.2, 0.25) is 0 Å². The topological polar surface area (TPSA) is 60.2 Å². The van der Waals surface area contributed by atoms with Crippen LogP contribution in [0.5, 0.6) is 0 Å². The van der Waals surface area contributed by atoms with Gasteiger partial charge in [0, 0.05) is 23.8 Å². The minimum absolute atomic E-state index is 0.281. The second-order valence-electron chi connectivity index (χ2n) is 7.56.